The second-order valence-corrected chi connectivity index (χ2v) is 4.82. The standard InChI is InChI=1S/C11H22N2/c12-9-11(7-2-1-3-8-11)13-10-5-4-6-10/h10,13H,1-9,12H2. The van der Waals surface area contributed by atoms with Gasteiger partial charge in [-0.1, -0.05) is 25.7 Å². The summed E-state index contributed by atoms with van der Waals surface area (Å²) in [5, 5.41) is 3.79. The lowest BCUT2D eigenvalue weighted by atomic mass is 9.79. The first kappa shape index (κ1) is 9.47. The van der Waals surface area contributed by atoms with Crippen molar-refractivity contribution < 1.29 is 0 Å². The minimum Gasteiger partial charge on any atom is -0.329 e. The van der Waals surface area contributed by atoms with Crippen LogP contribution in [0, 0.1) is 0 Å². The Morgan fingerprint density at radius 2 is 1.77 bits per heavy atom. The summed E-state index contributed by atoms with van der Waals surface area (Å²) in [5.74, 6) is 0. The van der Waals surface area contributed by atoms with Gasteiger partial charge in [0.15, 0.2) is 0 Å². The zero-order valence-corrected chi connectivity index (χ0v) is 8.52. The normalized spacial score (nSPS) is 28.4. The van der Waals surface area contributed by atoms with Crippen LogP contribution < -0.4 is 11.1 Å². The molecule has 0 radical (unpaired) electrons. The molecule has 0 aromatic rings. The van der Waals surface area contributed by atoms with E-state index >= 15 is 0 Å². The number of hydrogen-bond donors (Lipinski definition) is 2. The molecule has 2 heteroatoms. The SMILES string of the molecule is NCC1(NC2CCC2)CCCCC1. The van der Waals surface area contributed by atoms with E-state index in [1.165, 1.54) is 51.4 Å². The fourth-order valence-electron chi connectivity index (χ4n) is 2.62. The van der Waals surface area contributed by atoms with Crippen molar-refractivity contribution in [3.63, 3.8) is 0 Å². The van der Waals surface area contributed by atoms with Crippen LogP contribution in [0.5, 0.6) is 0 Å². The summed E-state index contributed by atoms with van der Waals surface area (Å²) in [6, 6.07) is 0.793. The zero-order valence-electron chi connectivity index (χ0n) is 8.52. The molecule has 2 rings (SSSR count). The Balaban J connectivity index is 1.88. The quantitative estimate of drug-likeness (QED) is 0.698. The van der Waals surface area contributed by atoms with Crippen molar-refractivity contribution in [1.29, 1.82) is 0 Å². The number of nitrogens with two attached hydrogens (primary N) is 1. The Labute approximate surface area is 81.3 Å². The Morgan fingerprint density at radius 3 is 2.23 bits per heavy atom. The van der Waals surface area contributed by atoms with Gasteiger partial charge in [-0.15, -0.1) is 0 Å². The molecule has 0 unspecified atom stereocenters. The van der Waals surface area contributed by atoms with E-state index in [1.807, 2.05) is 0 Å². The van der Waals surface area contributed by atoms with Crippen molar-refractivity contribution in [2.24, 2.45) is 5.73 Å². The molecule has 2 nitrogen and oxygen atoms in total. The van der Waals surface area contributed by atoms with Crippen molar-refractivity contribution in [2.75, 3.05) is 6.54 Å². The molecule has 76 valence electrons. The first-order valence-corrected chi connectivity index (χ1v) is 5.82. The fraction of sp³-hybridized carbons (Fsp3) is 1.00. The molecule has 0 aromatic carbocycles. The Kier molecular flexibility index (Phi) is 2.89. The predicted molar refractivity (Wildman–Crippen MR) is 55.6 cm³/mol. The van der Waals surface area contributed by atoms with Crippen LogP contribution in [-0.4, -0.2) is 18.1 Å². The van der Waals surface area contributed by atoms with Crippen molar-refractivity contribution in [3.05, 3.63) is 0 Å². The molecule has 2 saturated carbocycles. The molecule has 0 bridgehead atoms. The lowest BCUT2D eigenvalue weighted by Gasteiger charge is -2.43. The Morgan fingerprint density at radius 1 is 1.08 bits per heavy atom. The third-order valence-corrected chi connectivity index (χ3v) is 3.82. The van der Waals surface area contributed by atoms with E-state index < -0.39 is 0 Å². The average Bonchev–Trinajstić information content (AvgIpc) is 2.13. The van der Waals surface area contributed by atoms with E-state index in [1.54, 1.807) is 0 Å². The predicted octanol–water partition coefficient (Wildman–Crippen LogP) is 1.79. The monoisotopic (exact) mass is 182 g/mol. The fourth-order valence-corrected chi connectivity index (χ4v) is 2.62. The maximum absolute atomic E-state index is 5.90. The lowest BCUT2D eigenvalue weighted by Crippen LogP contribution is -2.57. The molecular weight excluding hydrogens is 160 g/mol. The molecule has 0 aromatic heterocycles. The molecule has 0 atom stereocenters. The highest BCUT2D eigenvalue weighted by atomic mass is 15.0. The highest BCUT2D eigenvalue weighted by Crippen LogP contribution is 2.30. The maximum Gasteiger partial charge on any atom is 0.0306 e. The lowest BCUT2D eigenvalue weighted by molar-refractivity contribution is 0.177. The number of hydrogen-bond acceptors (Lipinski definition) is 2. The highest BCUT2D eigenvalue weighted by molar-refractivity contribution is 4.95. The van der Waals surface area contributed by atoms with Crippen molar-refractivity contribution >= 4 is 0 Å². The summed E-state index contributed by atoms with van der Waals surface area (Å²) in [4.78, 5) is 0. The van der Waals surface area contributed by atoms with Gasteiger partial charge < -0.3 is 11.1 Å². The summed E-state index contributed by atoms with van der Waals surface area (Å²) in [6.45, 7) is 0.837. The van der Waals surface area contributed by atoms with E-state index in [4.69, 9.17) is 5.73 Å². The molecule has 2 fully saturated rings. The molecule has 3 N–H and O–H groups in total. The molecule has 13 heavy (non-hydrogen) atoms. The van der Waals surface area contributed by atoms with Crippen LogP contribution >= 0.6 is 0 Å². The van der Waals surface area contributed by atoms with Gasteiger partial charge in [-0.2, -0.15) is 0 Å². The van der Waals surface area contributed by atoms with Crippen molar-refractivity contribution in [3.8, 4) is 0 Å². The first-order chi connectivity index (χ1) is 6.35. The van der Waals surface area contributed by atoms with E-state index in [-0.39, 0.29) is 0 Å². The Bertz CT molecular complexity index is 157. The molecule has 0 heterocycles. The summed E-state index contributed by atoms with van der Waals surface area (Å²) in [5.41, 5.74) is 6.23. The topological polar surface area (TPSA) is 38.0 Å². The minimum absolute atomic E-state index is 0.323. The van der Waals surface area contributed by atoms with Crippen LogP contribution in [0.1, 0.15) is 51.4 Å². The molecular formula is C11H22N2. The van der Waals surface area contributed by atoms with Gasteiger partial charge in [0.25, 0.3) is 0 Å². The van der Waals surface area contributed by atoms with Gasteiger partial charge in [0.05, 0.1) is 0 Å². The second-order valence-electron chi connectivity index (χ2n) is 4.82. The van der Waals surface area contributed by atoms with Crippen LogP contribution in [0.25, 0.3) is 0 Å². The van der Waals surface area contributed by atoms with E-state index in [2.05, 4.69) is 5.32 Å². The van der Waals surface area contributed by atoms with Crippen molar-refractivity contribution in [2.45, 2.75) is 62.9 Å². The van der Waals surface area contributed by atoms with E-state index in [9.17, 15) is 0 Å². The van der Waals surface area contributed by atoms with Crippen LogP contribution in [0.2, 0.25) is 0 Å². The number of nitrogens with one attached hydrogen (secondary N) is 1. The van der Waals surface area contributed by atoms with Gasteiger partial charge in [-0.25, -0.2) is 0 Å². The van der Waals surface area contributed by atoms with Crippen molar-refractivity contribution in [1.82, 2.24) is 5.32 Å². The van der Waals surface area contributed by atoms with Gasteiger partial charge in [-0.05, 0) is 25.7 Å². The van der Waals surface area contributed by atoms with Crippen LogP contribution in [0.3, 0.4) is 0 Å². The number of rotatable bonds is 3. The average molecular weight is 182 g/mol. The van der Waals surface area contributed by atoms with Gasteiger partial charge in [-0.3, -0.25) is 0 Å². The van der Waals surface area contributed by atoms with Crippen LogP contribution in [0.15, 0.2) is 0 Å². The summed E-state index contributed by atoms with van der Waals surface area (Å²) in [7, 11) is 0. The molecule has 0 spiro atoms. The van der Waals surface area contributed by atoms with E-state index in [0.29, 0.717) is 5.54 Å². The largest absolute Gasteiger partial charge is 0.329 e. The first-order valence-electron chi connectivity index (χ1n) is 5.82. The zero-order chi connectivity index (χ0) is 9.15. The minimum atomic E-state index is 0.323. The third-order valence-electron chi connectivity index (χ3n) is 3.82. The van der Waals surface area contributed by atoms with Crippen LogP contribution in [0.4, 0.5) is 0 Å². The maximum atomic E-state index is 5.90. The van der Waals surface area contributed by atoms with Gasteiger partial charge in [0, 0.05) is 18.1 Å². The third kappa shape index (κ3) is 2.05. The van der Waals surface area contributed by atoms with Gasteiger partial charge in [0.1, 0.15) is 0 Å². The highest BCUT2D eigenvalue weighted by Gasteiger charge is 2.33. The Hall–Kier alpha value is -0.0800. The van der Waals surface area contributed by atoms with Crippen LogP contribution in [-0.2, 0) is 0 Å². The summed E-state index contributed by atoms with van der Waals surface area (Å²) < 4.78 is 0. The molecule has 2 aliphatic carbocycles. The van der Waals surface area contributed by atoms with Gasteiger partial charge in [0.2, 0.25) is 0 Å². The molecule has 0 amide bonds. The second kappa shape index (κ2) is 3.97. The molecule has 2 aliphatic rings. The summed E-state index contributed by atoms with van der Waals surface area (Å²) >= 11 is 0. The smallest absolute Gasteiger partial charge is 0.0306 e. The molecule has 0 aliphatic heterocycles. The molecule has 0 saturated heterocycles. The van der Waals surface area contributed by atoms with E-state index in [0.717, 1.165) is 12.6 Å². The van der Waals surface area contributed by atoms with Gasteiger partial charge >= 0.3 is 0 Å². The summed E-state index contributed by atoms with van der Waals surface area (Å²) in [6.07, 6.45) is 10.9.